The second-order valence-corrected chi connectivity index (χ2v) is 10.5. The van der Waals surface area contributed by atoms with Crippen molar-refractivity contribution in [3.8, 4) is 0 Å². The summed E-state index contributed by atoms with van der Waals surface area (Å²) < 4.78 is 19.7. The lowest BCUT2D eigenvalue weighted by Gasteiger charge is -2.53. The fourth-order valence-corrected chi connectivity index (χ4v) is 4.84. The van der Waals surface area contributed by atoms with Crippen LogP contribution in [0.5, 0.6) is 0 Å². The Hall–Kier alpha value is -3.17. The number of carbonyl (C=O) groups excluding carboxylic acids is 1. The van der Waals surface area contributed by atoms with E-state index in [1.165, 1.54) is 6.26 Å². The minimum atomic E-state index is -0.515. The summed E-state index contributed by atoms with van der Waals surface area (Å²) in [7, 11) is 2.13. The van der Waals surface area contributed by atoms with E-state index in [0.717, 1.165) is 19.0 Å². The molecule has 1 aliphatic rings. The second-order valence-electron chi connectivity index (χ2n) is 10.1. The van der Waals surface area contributed by atoms with Gasteiger partial charge in [0, 0.05) is 22.8 Å². The standard InChI is InChI=1S/C25H30ClFN6O2/c1-24(2)12-16(13-25(3,4)33(24)5)29-21-18(27)14-28-23(32-21)30-15-8-9-19(17(26)11-15)31-22(34)20-7-6-10-35-20/h6-11,14,16H,12-13H2,1-5H3,(H,31,34)(H2,28,29,30,32). The number of likely N-dealkylation sites (tertiary alicyclic amines) is 1. The van der Waals surface area contributed by atoms with Gasteiger partial charge in [-0.3, -0.25) is 9.69 Å². The van der Waals surface area contributed by atoms with Gasteiger partial charge in [0.1, 0.15) is 0 Å². The molecule has 0 saturated carbocycles. The number of nitrogens with one attached hydrogen (secondary N) is 3. The number of furan rings is 1. The molecule has 3 N–H and O–H groups in total. The van der Waals surface area contributed by atoms with Crippen LogP contribution in [0, 0.1) is 5.82 Å². The largest absolute Gasteiger partial charge is 0.459 e. The van der Waals surface area contributed by atoms with E-state index in [4.69, 9.17) is 16.0 Å². The molecule has 10 heteroatoms. The van der Waals surface area contributed by atoms with Crippen LogP contribution in [0.3, 0.4) is 0 Å². The smallest absolute Gasteiger partial charge is 0.291 e. The van der Waals surface area contributed by atoms with Crippen LogP contribution in [-0.2, 0) is 0 Å². The van der Waals surface area contributed by atoms with E-state index in [1.807, 2.05) is 0 Å². The SMILES string of the molecule is CN1C(C)(C)CC(Nc2nc(Nc3ccc(NC(=O)c4ccco4)c(Cl)c3)ncc2F)CC1(C)C. The van der Waals surface area contributed by atoms with E-state index in [-0.39, 0.29) is 34.6 Å². The maximum atomic E-state index is 14.6. The van der Waals surface area contributed by atoms with Crippen molar-refractivity contribution in [3.63, 3.8) is 0 Å². The first-order valence-corrected chi connectivity index (χ1v) is 11.8. The van der Waals surface area contributed by atoms with Gasteiger partial charge in [0.05, 0.1) is 23.2 Å². The van der Waals surface area contributed by atoms with Crippen molar-refractivity contribution in [2.75, 3.05) is 23.0 Å². The average molecular weight is 501 g/mol. The van der Waals surface area contributed by atoms with Crippen LogP contribution in [0.2, 0.25) is 5.02 Å². The van der Waals surface area contributed by atoms with Crippen molar-refractivity contribution in [1.82, 2.24) is 14.9 Å². The minimum absolute atomic E-state index is 0.0468. The number of rotatable bonds is 6. The molecule has 4 rings (SSSR count). The van der Waals surface area contributed by atoms with Gasteiger partial charge in [0.25, 0.3) is 5.91 Å². The van der Waals surface area contributed by atoms with Gasteiger partial charge in [-0.1, -0.05) is 11.6 Å². The third-order valence-corrected chi connectivity index (χ3v) is 6.92. The lowest BCUT2D eigenvalue weighted by Crippen LogP contribution is -2.61. The highest BCUT2D eigenvalue weighted by atomic mass is 35.5. The summed E-state index contributed by atoms with van der Waals surface area (Å²) in [5.74, 6) is -0.366. The molecule has 186 valence electrons. The van der Waals surface area contributed by atoms with Crippen molar-refractivity contribution in [3.05, 3.63) is 59.4 Å². The number of hydrogen-bond donors (Lipinski definition) is 3. The summed E-state index contributed by atoms with van der Waals surface area (Å²) in [5.41, 5.74) is 0.919. The lowest BCUT2D eigenvalue weighted by atomic mass is 9.77. The Balaban J connectivity index is 1.46. The Kier molecular flexibility index (Phi) is 6.75. The van der Waals surface area contributed by atoms with E-state index >= 15 is 0 Å². The molecule has 35 heavy (non-hydrogen) atoms. The van der Waals surface area contributed by atoms with Gasteiger partial charge in [-0.15, -0.1) is 0 Å². The van der Waals surface area contributed by atoms with Gasteiger partial charge in [-0.25, -0.2) is 9.37 Å². The zero-order valence-electron chi connectivity index (χ0n) is 20.4. The topological polar surface area (TPSA) is 95.3 Å². The predicted molar refractivity (Wildman–Crippen MR) is 136 cm³/mol. The summed E-state index contributed by atoms with van der Waals surface area (Å²) >= 11 is 6.35. The number of benzene rings is 1. The number of halogens is 2. The van der Waals surface area contributed by atoms with Crippen LogP contribution >= 0.6 is 11.6 Å². The van der Waals surface area contributed by atoms with E-state index < -0.39 is 11.7 Å². The number of nitrogens with zero attached hydrogens (tertiary/aromatic N) is 3. The molecule has 3 heterocycles. The molecule has 0 aliphatic carbocycles. The molecule has 1 saturated heterocycles. The van der Waals surface area contributed by atoms with Gasteiger partial charge in [0.2, 0.25) is 5.95 Å². The van der Waals surface area contributed by atoms with Crippen LogP contribution in [0.25, 0.3) is 0 Å². The van der Waals surface area contributed by atoms with Crippen molar-refractivity contribution in [2.24, 2.45) is 0 Å². The Morgan fingerprint density at radius 2 is 1.91 bits per heavy atom. The fourth-order valence-electron chi connectivity index (χ4n) is 4.61. The first-order chi connectivity index (χ1) is 16.4. The molecule has 8 nitrogen and oxygen atoms in total. The quantitative estimate of drug-likeness (QED) is 0.386. The normalized spacial score (nSPS) is 17.7. The number of hydrogen-bond acceptors (Lipinski definition) is 7. The third-order valence-electron chi connectivity index (χ3n) is 6.61. The summed E-state index contributed by atoms with van der Waals surface area (Å²) in [6.45, 7) is 8.76. The third kappa shape index (κ3) is 5.57. The van der Waals surface area contributed by atoms with E-state index in [2.05, 4.69) is 65.6 Å². The van der Waals surface area contributed by atoms with Gasteiger partial charge in [0.15, 0.2) is 17.4 Å². The molecular weight excluding hydrogens is 471 g/mol. The van der Waals surface area contributed by atoms with Crippen LogP contribution in [0.1, 0.15) is 51.1 Å². The highest BCUT2D eigenvalue weighted by Crippen LogP contribution is 2.38. The number of anilines is 4. The summed E-state index contributed by atoms with van der Waals surface area (Å²) in [5, 5.41) is 9.34. The van der Waals surface area contributed by atoms with Crippen LogP contribution in [-0.4, -0.2) is 44.9 Å². The maximum absolute atomic E-state index is 14.6. The number of amides is 1. The summed E-state index contributed by atoms with van der Waals surface area (Å²) in [4.78, 5) is 23.0. The van der Waals surface area contributed by atoms with Crippen LogP contribution in [0.4, 0.5) is 27.5 Å². The Bertz CT molecular complexity index is 1200. The molecule has 2 aromatic heterocycles. The lowest BCUT2D eigenvalue weighted by molar-refractivity contribution is -0.00778. The van der Waals surface area contributed by atoms with E-state index in [0.29, 0.717) is 16.4 Å². The highest BCUT2D eigenvalue weighted by Gasteiger charge is 2.43. The van der Waals surface area contributed by atoms with Gasteiger partial charge >= 0.3 is 0 Å². The molecule has 0 unspecified atom stereocenters. The van der Waals surface area contributed by atoms with Gasteiger partial charge < -0.3 is 20.4 Å². The van der Waals surface area contributed by atoms with Gasteiger partial charge in [-0.05, 0) is 77.9 Å². The molecular formula is C25H30ClFN6O2. The molecule has 0 bridgehead atoms. The summed E-state index contributed by atoms with van der Waals surface area (Å²) in [6, 6.07) is 8.23. The monoisotopic (exact) mass is 500 g/mol. The van der Waals surface area contributed by atoms with Gasteiger partial charge in [-0.2, -0.15) is 4.98 Å². The van der Waals surface area contributed by atoms with Crippen molar-refractivity contribution >= 4 is 40.6 Å². The first-order valence-electron chi connectivity index (χ1n) is 11.4. The predicted octanol–water partition coefficient (Wildman–Crippen LogP) is 5.92. The maximum Gasteiger partial charge on any atom is 0.291 e. The van der Waals surface area contributed by atoms with Crippen molar-refractivity contribution in [1.29, 1.82) is 0 Å². The number of carbonyl (C=O) groups is 1. The average Bonchev–Trinajstić information content (AvgIpc) is 3.31. The highest BCUT2D eigenvalue weighted by molar-refractivity contribution is 6.34. The molecule has 1 aliphatic heterocycles. The van der Waals surface area contributed by atoms with Crippen molar-refractivity contribution in [2.45, 2.75) is 57.7 Å². The summed E-state index contributed by atoms with van der Waals surface area (Å²) in [6.07, 6.45) is 4.26. The van der Waals surface area contributed by atoms with Crippen molar-refractivity contribution < 1.29 is 13.6 Å². The van der Waals surface area contributed by atoms with Crippen LogP contribution in [0.15, 0.2) is 47.2 Å². The van der Waals surface area contributed by atoms with E-state index in [9.17, 15) is 9.18 Å². The van der Waals surface area contributed by atoms with Crippen LogP contribution < -0.4 is 16.0 Å². The first kappa shape index (κ1) is 24.9. The molecule has 1 fully saturated rings. The van der Waals surface area contributed by atoms with E-state index in [1.54, 1.807) is 30.3 Å². The zero-order valence-corrected chi connectivity index (χ0v) is 21.2. The molecule has 0 atom stereocenters. The Labute approximate surface area is 209 Å². The fraction of sp³-hybridized carbons (Fsp3) is 0.400. The molecule has 1 amide bonds. The second kappa shape index (κ2) is 9.47. The molecule has 0 spiro atoms. The molecule has 1 aromatic carbocycles. The number of piperidine rings is 1. The Morgan fingerprint density at radius 1 is 1.20 bits per heavy atom. The number of aromatic nitrogens is 2. The minimum Gasteiger partial charge on any atom is -0.459 e. The molecule has 3 aromatic rings. The zero-order chi connectivity index (χ0) is 25.4. The Morgan fingerprint density at radius 3 is 2.54 bits per heavy atom. The molecule has 0 radical (unpaired) electrons.